The first-order chi connectivity index (χ1) is 16.0. The fraction of sp³-hybridized carbons (Fsp3) is 0.0870. The number of hydrazone groups is 1. The quantitative estimate of drug-likeness (QED) is 0.127. The molecule has 0 aliphatic heterocycles. The predicted octanol–water partition coefficient (Wildman–Crippen LogP) is 7.30. The molecule has 1 amide bonds. The van der Waals surface area contributed by atoms with Crippen LogP contribution in [-0.2, 0) is 11.4 Å². The lowest BCUT2D eigenvalue weighted by molar-refractivity contribution is -0.118. The predicted molar refractivity (Wildman–Crippen MR) is 144 cm³/mol. The third-order valence-electron chi connectivity index (χ3n) is 4.32. The first-order valence-electron chi connectivity index (χ1n) is 9.64. The molecule has 0 aliphatic rings. The first kappa shape index (κ1) is 24.2. The number of aromatic nitrogens is 1. The third kappa shape index (κ3) is 6.80. The van der Waals surface area contributed by atoms with Crippen LogP contribution in [0.25, 0.3) is 10.2 Å². The summed E-state index contributed by atoms with van der Waals surface area (Å²) in [6.07, 6.45) is 1.58. The number of carbonyl (C=O) groups excluding carboxylic acids is 1. The van der Waals surface area contributed by atoms with Crippen LogP contribution >= 0.6 is 66.6 Å². The largest absolute Gasteiger partial charge is 0.487 e. The number of amides is 1. The average molecular weight is 626 g/mol. The zero-order chi connectivity index (χ0) is 23.2. The Morgan fingerprint density at radius 3 is 2.61 bits per heavy atom. The Bertz CT molecular complexity index is 1260. The molecule has 4 aromatic rings. The lowest BCUT2D eigenvalue weighted by Gasteiger charge is -2.11. The van der Waals surface area contributed by atoms with Gasteiger partial charge in [0.15, 0.2) is 4.34 Å². The molecule has 1 N–H and O–H groups in total. The minimum absolute atomic E-state index is 0.198. The maximum Gasteiger partial charge on any atom is 0.250 e. The van der Waals surface area contributed by atoms with Crippen LogP contribution < -0.4 is 10.2 Å². The molecule has 1 aromatic heterocycles. The minimum atomic E-state index is -0.198. The Labute approximate surface area is 220 Å². The number of nitrogens with zero attached hydrogens (tertiary/aromatic N) is 2. The Hall–Kier alpha value is -1.91. The van der Waals surface area contributed by atoms with Crippen molar-refractivity contribution in [3.8, 4) is 5.75 Å². The molecule has 1 heterocycles. The molecular weight excluding hydrogens is 610 g/mol. The molecule has 0 aliphatic carbocycles. The average Bonchev–Trinajstić information content (AvgIpc) is 3.21. The van der Waals surface area contributed by atoms with Crippen LogP contribution in [0.15, 0.2) is 79.1 Å². The van der Waals surface area contributed by atoms with Gasteiger partial charge in [0.05, 0.1) is 31.1 Å². The number of hydrogen-bond donors (Lipinski definition) is 1. The summed E-state index contributed by atoms with van der Waals surface area (Å²) < 4.78 is 9.43. The lowest BCUT2D eigenvalue weighted by atomic mass is 10.2. The molecule has 168 valence electrons. The van der Waals surface area contributed by atoms with Crippen molar-refractivity contribution in [1.29, 1.82) is 0 Å². The first-order valence-corrected chi connectivity index (χ1v) is 13.4. The van der Waals surface area contributed by atoms with Crippen molar-refractivity contribution in [2.24, 2.45) is 5.10 Å². The van der Waals surface area contributed by atoms with Crippen molar-refractivity contribution >= 4 is 88.9 Å². The normalized spacial score (nSPS) is 11.2. The fourth-order valence-electron chi connectivity index (χ4n) is 2.78. The Morgan fingerprint density at radius 2 is 1.88 bits per heavy atom. The molecule has 0 saturated carbocycles. The number of halogens is 3. The van der Waals surface area contributed by atoms with Gasteiger partial charge in [-0.3, -0.25) is 4.79 Å². The number of hydrogen-bond acceptors (Lipinski definition) is 6. The van der Waals surface area contributed by atoms with E-state index in [2.05, 4.69) is 47.4 Å². The van der Waals surface area contributed by atoms with Gasteiger partial charge in [-0.25, -0.2) is 10.4 Å². The summed E-state index contributed by atoms with van der Waals surface area (Å²) >= 11 is 16.0. The number of para-hydroxylation sites is 1. The van der Waals surface area contributed by atoms with Gasteiger partial charge in [-0.15, -0.1) is 11.3 Å². The van der Waals surface area contributed by atoms with Crippen molar-refractivity contribution in [1.82, 2.24) is 10.4 Å². The topological polar surface area (TPSA) is 63.6 Å². The number of nitrogens with one attached hydrogen (secondary N) is 1. The van der Waals surface area contributed by atoms with Gasteiger partial charge in [0.2, 0.25) is 0 Å². The van der Waals surface area contributed by atoms with Crippen molar-refractivity contribution in [3.05, 3.63) is 85.8 Å². The highest BCUT2D eigenvalue weighted by Crippen LogP contribution is 2.35. The molecule has 0 fully saturated rings. The molecule has 0 spiro atoms. The SMILES string of the molecule is O=C(CSc1nc2ccccc2s1)N/N=C\c1cc(Br)c(OCc2ccc(Cl)cc2)c(Br)c1. The van der Waals surface area contributed by atoms with Crippen LogP contribution in [0.2, 0.25) is 5.02 Å². The van der Waals surface area contributed by atoms with Crippen molar-refractivity contribution in [2.75, 3.05) is 5.75 Å². The molecular formula is C23H16Br2ClN3O2S2. The summed E-state index contributed by atoms with van der Waals surface area (Å²) in [5, 5.41) is 4.75. The fourth-order valence-corrected chi connectivity index (χ4v) is 6.22. The Morgan fingerprint density at radius 1 is 1.15 bits per heavy atom. The second-order valence-electron chi connectivity index (χ2n) is 6.76. The minimum Gasteiger partial charge on any atom is -0.487 e. The van der Waals surface area contributed by atoms with E-state index in [1.807, 2.05) is 60.7 Å². The summed E-state index contributed by atoms with van der Waals surface area (Å²) in [5.41, 5.74) is 5.31. The summed E-state index contributed by atoms with van der Waals surface area (Å²) in [5.74, 6) is 0.720. The summed E-state index contributed by atoms with van der Waals surface area (Å²) in [6, 6.07) is 19.1. The van der Waals surface area contributed by atoms with E-state index in [4.69, 9.17) is 16.3 Å². The second kappa shape index (κ2) is 11.5. The zero-order valence-electron chi connectivity index (χ0n) is 16.9. The molecule has 0 saturated heterocycles. The summed E-state index contributed by atoms with van der Waals surface area (Å²) in [4.78, 5) is 16.6. The van der Waals surface area contributed by atoms with E-state index < -0.39 is 0 Å². The molecule has 4 rings (SSSR count). The van der Waals surface area contributed by atoms with Crippen molar-refractivity contribution < 1.29 is 9.53 Å². The highest BCUT2D eigenvalue weighted by atomic mass is 79.9. The summed E-state index contributed by atoms with van der Waals surface area (Å²) in [7, 11) is 0. The standard InChI is InChI=1S/C23H16Br2ClN3O2S2/c24-17-9-15(10-18(25)22(17)31-12-14-5-7-16(26)8-6-14)11-27-29-21(30)13-32-23-28-19-3-1-2-4-20(19)33-23/h1-11H,12-13H2,(H,29,30)/b27-11-. The van der Waals surface area contributed by atoms with E-state index in [-0.39, 0.29) is 11.7 Å². The van der Waals surface area contributed by atoms with E-state index in [9.17, 15) is 4.79 Å². The maximum atomic E-state index is 12.1. The van der Waals surface area contributed by atoms with Gasteiger partial charge in [0, 0.05) is 5.02 Å². The number of carbonyl (C=O) groups is 1. The van der Waals surface area contributed by atoms with Gasteiger partial charge < -0.3 is 4.74 Å². The van der Waals surface area contributed by atoms with E-state index in [0.29, 0.717) is 17.4 Å². The maximum absolute atomic E-state index is 12.1. The van der Waals surface area contributed by atoms with Crippen molar-refractivity contribution in [2.45, 2.75) is 10.9 Å². The van der Waals surface area contributed by atoms with Gasteiger partial charge in [0.1, 0.15) is 12.4 Å². The molecule has 33 heavy (non-hydrogen) atoms. The van der Waals surface area contributed by atoms with E-state index >= 15 is 0 Å². The molecule has 3 aromatic carbocycles. The third-order valence-corrected chi connectivity index (χ3v) is 7.93. The zero-order valence-corrected chi connectivity index (χ0v) is 22.5. The van der Waals surface area contributed by atoms with E-state index in [1.165, 1.54) is 11.8 Å². The number of benzene rings is 3. The Balaban J connectivity index is 1.30. The Kier molecular flexibility index (Phi) is 8.43. The van der Waals surface area contributed by atoms with Crippen LogP contribution in [0.1, 0.15) is 11.1 Å². The highest BCUT2D eigenvalue weighted by Gasteiger charge is 2.10. The van der Waals surface area contributed by atoms with Gasteiger partial charge in [-0.2, -0.15) is 5.10 Å². The van der Waals surface area contributed by atoms with Crippen LogP contribution in [0, 0.1) is 0 Å². The molecule has 0 unspecified atom stereocenters. The van der Waals surface area contributed by atoms with Gasteiger partial charge in [0.25, 0.3) is 5.91 Å². The van der Waals surface area contributed by atoms with Crippen LogP contribution in [0.3, 0.4) is 0 Å². The van der Waals surface area contributed by atoms with Crippen LogP contribution in [0.5, 0.6) is 5.75 Å². The lowest BCUT2D eigenvalue weighted by Crippen LogP contribution is -2.19. The van der Waals surface area contributed by atoms with E-state index in [1.54, 1.807) is 17.6 Å². The van der Waals surface area contributed by atoms with Crippen LogP contribution in [-0.4, -0.2) is 22.9 Å². The number of rotatable bonds is 8. The molecule has 0 bridgehead atoms. The molecule has 0 atom stereocenters. The van der Waals surface area contributed by atoms with Gasteiger partial charge in [-0.05, 0) is 79.4 Å². The number of fused-ring (bicyclic) bond motifs is 1. The highest BCUT2D eigenvalue weighted by molar-refractivity contribution is 9.11. The number of thioether (sulfide) groups is 1. The molecule has 5 nitrogen and oxygen atoms in total. The summed E-state index contributed by atoms with van der Waals surface area (Å²) in [6.45, 7) is 0.407. The van der Waals surface area contributed by atoms with Gasteiger partial charge in [-0.1, -0.05) is 47.6 Å². The molecule has 10 heteroatoms. The molecule has 0 radical (unpaired) electrons. The second-order valence-corrected chi connectivity index (χ2v) is 11.2. The number of thiazole rings is 1. The number of ether oxygens (including phenoxy) is 1. The van der Waals surface area contributed by atoms with Crippen LogP contribution in [0.4, 0.5) is 0 Å². The van der Waals surface area contributed by atoms with Gasteiger partial charge >= 0.3 is 0 Å². The smallest absolute Gasteiger partial charge is 0.250 e. The van der Waals surface area contributed by atoms with E-state index in [0.717, 1.165) is 34.6 Å². The monoisotopic (exact) mass is 623 g/mol. The van der Waals surface area contributed by atoms with Crippen molar-refractivity contribution in [3.63, 3.8) is 0 Å².